The van der Waals surface area contributed by atoms with Crippen LogP contribution in [-0.2, 0) is 40.3 Å². The van der Waals surface area contributed by atoms with Crippen molar-refractivity contribution in [1.29, 1.82) is 0 Å². The molecule has 3 aliphatic heterocycles. The highest BCUT2D eigenvalue weighted by Crippen LogP contribution is 2.33. The van der Waals surface area contributed by atoms with Crippen LogP contribution in [0.1, 0.15) is 71.2 Å². The molecule has 0 radical (unpaired) electrons. The average molecular weight is 767 g/mol. The minimum absolute atomic E-state index is 0.0130. The molecule has 19 nitrogen and oxygen atoms in total. The summed E-state index contributed by atoms with van der Waals surface area (Å²) in [6, 6.07) is 4.08. The number of aromatic nitrogens is 1. The molecule has 5 rings (SSSR count). The van der Waals surface area contributed by atoms with E-state index in [9.17, 15) is 27.9 Å². The molecule has 1 aromatic heterocycles. The zero-order valence-corrected chi connectivity index (χ0v) is 30.9. The monoisotopic (exact) mass is 766 g/mol. The number of carbonyl (C=O) groups is 3. The molecule has 0 spiro atoms. The number of nitrogens with two attached hydrogens (primary N) is 1. The number of hydroxylamine groups is 2. The number of aliphatic hydroxyl groups is 1. The number of anilines is 1. The molecular formula is C31H42N8O11S2. The Hall–Kier alpha value is -4.41. The number of thiazole rings is 1. The second kappa shape index (κ2) is 14.9. The topological polar surface area (TPSA) is 266 Å². The lowest BCUT2D eigenvalue weighted by atomic mass is 9.84. The van der Waals surface area contributed by atoms with Crippen LogP contribution in [0.5, 0.6) is 5.75 Å². The zero-order valence-electron chi connectivity index (χ0n) is 29.3. The third-order valence-corrected chi connectivity index (χ3v) is 9.36. The molecule has 2 fully saturated rings. The summed E-state index contributed by atoms with van der Waals surface area (Å²) in [5.74, 6) is -0.887. The van der Waals surface area contributed by atoms with Crippen LogP contribution < -0.4 is 26.4 Å². The first-order valence-corrected chi connectivity index (χ1v) is 18.5. The fourth-order valence-corrected chi connectivity index (χ4v) is 6.76. The summed E-state index contributed by atoms with van der Waals surface area (Å²) in [6.45, 7) is 10.1. The number of amides is 3. The molecule has 4 heterocycles. The summed E-state index contributed by atoms with van der Waals surface area (Å²) < 4.78 is 47.4. The van der Waals surface area contributed by atoms with Gasteiger partial charge in [-0.1, -0.05) is 5.16 Å². The summed E-state index contributed by atoms with van der Waals surface area (Å²) in [5, 5.41) is 23.7. The van der Waals surface area contributed by atoms with Gasteiger partial charge in [-0.05, 0) is 78.1 Å². The summed E-state index contributed by atoms with van der Waals surface area (Å²) in [5.41, 5.74) is 5.35. The fraction of sp³-hybridized carbons (Fsp3) is 0.548. The Balaban J connectivity index is 1.31. The van der Waals surface area contributed by atoms with Gasteiger partial charge in [-0.15, -0.1) is 15.6 Å². The van der Waals surface area contributed by atoms with E-state index >= 15 is 0 Å². The number of aliphatic hydroxyl groups excluding tert-OH is 1. The largest absolute Gasteiger partial charge is 0.486 e. The molecule has 4 unspecified atom stereocenters. The number of amidine groups is 1. The van der Waals surface area contributed by atoms with Crippen molar-refractivity contribution in [3.05, 3.63) is 40.4 Å². The SMILES string of the molecule is CC(O/N=C(\C(=O)NC1C(=O)N(OS(=O)(=O)O)C1(C)C)c1csc(NC(=O)OC(C)(C)C)n1)C1CCc2cc(C(N)=NC3CN[C@H](O)C3)ccc2O1. The minimum Gasteiger partial charge on any atom is -0.486 e. The Kier molecular flexibility index (Phi) is 11.1. The molecule has 2 saturated heterocycles. The molecule has 3 aliphatic rings. The van der Waals surface area contributed by atoms with Gasteiger partial charge in [-0.2, -0.15) is 13.5 Å². The Labute approximate surface area is 303 Å². The van der Waals surface area contributed by atoms with Crippen LogP contribution in [-0.4, -0.2) is 106 Å². The molecule has 2 aromatic rings. The lowest BCUT2D eigenvalue weighted by molar-refractivity contribution is -0.218. The van der Waals surface area contributed by atoms with E-state index in [2.05, 4.69) is 35.4 Å². The van der Waals surface area contributed by atoms with Gasteiger partial charge in [0.05, 0.1) is 11.6 Å². The first-order valence-electron chi connectivity index (χ1n) is 16.3. The number of β-lactam (4-membered cyclic amide) rings is 1. The molecule has 0 bridgehead atoms. The lowest BCUT2D eigenvalue weighted by Crippen LogP contribution is -2.76. The average Bonchev–Trinajstić information content (AvgIpc) is 3.68. The Morgan fingerprint density at radius 3 is 2.65 bits per heavy atom. The van der Waals surface area contributed by atoms with Gasteiger partial charge in [0.2, 0.25) is 0 Å². The molecule has 0 aliphatic carbocycles. The molecule has 7 N–H and O–H groups in total. The van der Waals surface area contributed by atoms with Gasteiger partial charge in [-0.25, -0.2) is 9.78 Å². The van der Waals surface area contributed by atoms with E-state index in [0.717, 1.165) is 22.5 Å². The van der Waals surface area contributed by atoms with Gasteiger partial charge < -0.3 is 30.5 Å². The van der Waals surface area contributed by atoms with Crippen molar-refractivity contribution in [2.24, 2.45) is 15.9 Å². The number of rotatable bonds is 11. The van der Waals surface area contributed by atoms with Crippen LogP contribution in [0.25, 0.3) is 0 Å². The Morgan fingerprint density at radius 2 is 2.02 bits per heavy atom. The predicted molar refractivity (Wildman–Crippen MR) is 187 cm³/mol. The Bertz CT molecular complexity index is 1870. The normalized spacial score (nSPS) is 23.9. The highest BCUT2D eigenvalue weighted by molar-refractivity contribution is 7.80. The van der Waals surface area contributed by atoms with Crippen molar-refractivity contribution in [3.8, 4) is 5.75 Å². The number of carbonyl (C=O) groups excluding carboxylic acids is 3. The molecular weight excluding hydrogens is 725 g/mol. The molecule has 52 heavy (non-hydrogen) atoms. The summed E-state index contributed by atoms with van der Waals surface area (Å²) in [6.07, 6.45) is -0.931. The maximum atomic E-state index is 13.6. The van der Waals surface area contributed by atoms with Gasteiger partial charge in [0.1, 0.15) is 41.3 Å². The number of aliphatic imine (C=N–C) groups is 1. The number of nitrogens with one attached hydrogen (secondary N) is 3. The number of aryl methyl sites for hydroxylation is 1. The van der Waals surface area contributed by atoms with Gasteiger partial charge in [0.25, 0.3) is 11.8 Å². The Morgan fingerprint density at radius 1 is 1.29 bits per heavy atom. The third-order valence-electron chi connectivity index (χ3n) is 8.26. The van der Waals surface area contributed by atoms with Crippen molar-refractivity contribution in [2.45, 2.75) is 102 Å². The number of fused-ring (bicyclic) bond motifs is 1. The number of hydrogen-bond acceptors (Lipinski definition) is 15. The highest BCUT2D eigenvalue weighted by Gasteiger charge is 2.58. The van der Waals surface area contributed by atoms with Crippen molar-refractivity contribution >= 4 is 56.3 Å². The van der Waals surface area contributed by atoms with E-state index in [1.54, 1.807) is 39.8 Å². The summed E-state index contributed by atoms with van der Waals surface area (Å²) >= 11 is 0.976. The van der Waals surface area contributed by atoms with E-state index < -0.39 is 63.9 Å². The highest BCUT2D eigenvalue weighted by atomic mass is 32.3. The van der Waals surface area contributed by atoms with Crippen LogP contribution in [0.15, 0.2) is 33.7 Å². The van der Waals surface area contributed by atoms with Crippen LogP contribution in [0.2, 0.25) is 0 Å². The first kappa shape index (κ1) is 38.8. The third kappa shape index (κ3) is 9.33. The van der Waals surface area contributed by atoms with Crippen LogP contribution in [0.4, 0.5) is 9.93 Å². The van der Waals surface area contributed by atoms with Crippen molar-refractivity contribution in [2.75, 3.05) is 11.9 Å². The van der Waals surface area contributed by atoms with Crippen LogP contribution in [0, 0.1) is 0 Å². The number of ether oxygens (including phenoxy) is 2. The number of nitrogens with zero attached hydrogens (tertiary/aromatic N) is 4. The van der Waals surface area contributed by atoms with E-state index in [1.165, 1.54) is 19.2 Å². The molecule has 21 heteroatoms. The fourth-order valence-electron chi connectivity index (χ4n) is 5.62. The lowest BCUT2D eigenvalue weighted by Gasteiger charge is -2.50. The smallest absolute Gasteiger partial charge is 0.418 e. The van der Waals surface area contributed by atoms with Crippen LogP contribution >= 0.6 is 11.3 Å². The minimum atomic E-state index is -5.02. The van der Waals surface area contributed by atoms with Crippen molar-refractivity contribution in [1.82, 2.24) is 20.7 Å². The van der Waals surface area contributed by atoms with Gasteiger partial charge in [0.15, 0.2) is 16.9 Å². The molecule has 1 aromatic carbocycles. The second-order valence-electron chi connectivity index (χ2n) is 14.0. The molecule has 0 saturated carbocycles. The van der Waals surface area contributed by atoms with Gasteiger partial charge in [-0.3, -0.25) is 29.8 Å². The summed E-state index contributed by atoms with van der Waals surface area (Å²) in [4.78, 5) is 53.3. The number of benzene rings is 1. The number of hydrogen-bond donors (Lipinski definition) is 6. The van der Waals surface area contributed by atoms with Gasteiger partial charge >= 0.3 is 16.5 Å². The van der Waals surface area contributed by atoms with Crippen molar-refractivity contribution in [3.63, 3.8) is 0 Å². The second-order valence-corrected chi connectivity index (χ2v) is 15.8. The summed E-state index contributed by atoms with van der Waals surface area (Å²) in [7, 11) is -5.02. The quantitative estimate of drug-likeness (QED) is 0.0618. The van der Waals surface area contributed by atoms with Crippen molar-refractivity contribution < 1.29 is 51.1 Å². The molecule has 284 valence electrons. The standard InChI is InChI=1S/C31H42N8O11S2/c1-15(20-9-7-16-11-17(8-10-21(16)47-20)25(32)34-18-12-22(40)33-13-18)49-38-23(19-14-51-28(35-19)37-29(43)48-30(2,3)4)26(41)36-24-27(42)39(31(24,5)6)50-52(44,45)46/h8,10-11,14-15,18,20,22,24,33,40H,7,9,12-13H2,1-6H3,(H2,32,34)(H,36,41)(H,35,37,43)(H,44,45,46)/b38-23-/t15?,18?,20?,22-,24?/m1/s1. The maximum Gasteiger partial charge on any atom is 0.418 e. The van der Waals surface area contributed by atoms with E-state index in [1.807, 2.05) is 6.07 Å². The van der Waals surface area contributed by atoms with E-state index in [0.29, 0.717) is 42.5 Å². The predicted octanol–water partition coefficient (Wildman–Crippen LogP) is 1.22. The zero-order chi connectivity index (χ0) is 38.2. The maximum absolute atomic E-state index is 13.6. The number of oxime groups is 1. The molecule has 3 amide bonds. The van der Waals surface area contributed by atoms with Gasteiger partial charge in [0, 0.05) is 23.9 Å². The van der Waals surface area contributed by atoms with E-state index in [4.69, 9.17) is 24.6 Å². The first-order chi connectivity index (χ1) is 24.2. The molecule has 5 atom stereocenters. The van der Waals surface area contributed by atoms with Crippen LogP contribution in [0.3, 0.4) is 0 Å². The van der Waals surface area contributed by atoms with E-state index in [-0.39, 0.29) is 22.6 Å².